The lowest BCUT2D eigenvalue weighted by molar-refractivity contribution is 0.0641. The summed E-state index contributed by atoms with van der Waals surface area (Å²) in [5.41, 5.74) is 15.6. The first-order valence-corrected chi connectivity index (χ1v) is 6.80. The molecule has 2 amide bonds. The third-order valence-corrected chi connectivity index (χ3v) is 0.364. The summed E-state index contributed by atoms with van der Waals surface area (Å²) >= 11 is 0. The SMILES string of the molecule is CC(C)C.CC(C)C.CNOCCN.NC(=O)O.NC(=O)O. The highest BCUT2D eigenvalue weighted by atomic mass is 16.6. The van der Waals surface area contributed by atoms with Gasteiger partial charge in [-0.05, 0) is 11.8 Å². The summed E-state index contributed by atoms with van der Waals surface area (Å²) in [5.74, 6) is 1.67. The maximum atomic E-state index is 8.78. The molecule has 0 aliphatic rings. The molecule has 22 heavy (non-hydrogen) atoms. The summed E-state index contributed by atoms with van der Waals surface area (Å²) in [6.07, 6.45) is -2.67. The van der Waals surface area contributed by atoms with E-state index >= 15 is 0 Å². The number of hydrogen-bond acceptors (Lipinski definition) is 5. The predicted molar refractivity (Wildman–Crippen MR) is 89.5 cm³/mol. The zero-order valence-electron chi connectivity index (χ0n) is 14.9. The van der Waals surface area contributed by atoms with Crippen LogP contribution in [0.2, 0.25) is 0 Å². The summed E-state index contributed by atoms with van der Waals surface area (Å²) in [4.78, 5) is 22.2. The summed E-state index contributed by atoms with van der Waals surface area (Å²) in [6, 6.07) is 0. The molecular weight excluding hydrogens is 292 g/mol. The van der Waals surface area contributed by atoms with E-state index in [2.05, 4.69) is 63.3 Å². The molecule has 0 saturated heterocycles. The van der Waals surface area contributed by atoms with Gasteiger partial charge in [0.25, 0.3) is 0 Å². The molecule has 0 aliphatic carbocycles. The van der Waals surface area contributed by atoms with Gasteiger partial charge in [0, 0.05) is 13.6 Å². The number of nitrogens with two attached hydrogens (primary N) is 3. The highest BCUT2D eigenvalue weighted by Crippen LogP contribution is 1.81. The summed E-state index contributed by atoms with van der Waals surface area (Å²) in [7, 11) is 1.70. The Morgan fingerprint density at radius 2 is 1.14 bits per heavy atom. The fourth-order valence-electron chi connectivity index (χ4n) is 0.161. The highest BCUT2D eigenvalue weighted by Gasteiger charge is 1.71. The van der Waals surface area contributed by atoms with E-state index in [9.17, 15) is 0 Å². The van der Waals surface area contributed by atoms with Gasteiger partial charge in [0.2, 0.25) is 0 Å². The van der Waals surface area contributed by atoms with Crippen LogP contribution in [0.25, 0.3) is 0 Å². The second-order valence-electron chi connectivity index (χ2n) is 4.98. The minimum atomic E-state index is -1.33. The number of rotatable bonds is 3. The lowest BCUT2D eigenvalue weighted by atomic mass is 10.3. The molecule has 0 saturated carbocycles. The zero-order valence-corrected chi connectivity index (χ0v) is 14.9. The van der Waals surface area contributed by atoms with E-state index in [-0.39, 0.29) is 0 Å². The summed E-state index contributed by atoms with van der Waals surface area (Å²) in [5, 5.41) is 14.4. The van der Waals surface area contributed by atoms with Gasteiger partial charge in [-0.15, -0.1) is 0 Å². The molecule has 0 aromatic rings. The molecule has 0 spiro atoms. The molecule has 0 rings (SSSR count). The van der Waals surface area contributed by atoms with Crippen LogP contribution in [0.1, 0.15) is 41.5 Å². The minimum Gasteiger partial charge on any atom is -0.465 e. The molecule has 0 fully saturated rings. The van der Waals surface area contributed by atoms with Crippen LogP contribution < -0.4 is 22.7 Å². The quantitative estimate of drug-likeness (QED) is 0.337. The van der Waals surface area contributed by atoms with E-state index in [1.807, 2.05) is 0 Å². The molecule has 0 bridgehead atoms. The standard InChI is InChI=1S/2C4H10.C3H10N2O.2CH3NO2/c2*1-4(2)3;1-5-6-3-2-4;2*2-1(3)4/h2*4H,1-3H3;5H,2-4H2,1H3;2*2H2,(H,3,4). The van der Waals surface area contributed by atoms with Gasteiger partial charge in [-0.25, -0.2) is 15.1 Å². The van der Waals surface area contributed by atoms with Gasteiger partial charge in [0.05, 0.1) is 6.61 Å². The molecular formula is C13H36N4O5. The van der Waals surface area contributed by atoms with Gasteiger partial charge in [-0.1, -0.05) is 41.5 Å². The molecule has 0 aliphatic heterocycles. The first-order chi connectivity index (χ1) is 9.84. The highest BCUT2D eigenvalue weighted by molar-refractivity contribution is 5.61. The van der Waals surface area contributed by atoms with Gasteiger partial charge < -0.3 is 32.3 Å². The van der Waals surface area contributed by atoms with Gasteiger partial charge in [-0.2, -0.15) is 0 Å². The molecule has 0 atom stereocenters. The molecule has 9 nitrogen and oxygen atoms in total. The van der Waals surface area contributed by atoms with Crippen LogP contribution in [0.4, 0.5) is 9.59 Å². The molecule has 0 heterocycles. The Labute approximate surface area is 134 Å². The number of nitrogens with one attached hydrogen (secondary N) is 1. The predicted octanol–water partition coefficient (Wildman–Crippen LogP) is 1.67. The maximum absolute atomic E-state index is 8.78. The van der Waals surface area contributed by atoms with Gasteiger partial charge in [-0.3, -0.25) is 0 Å². The molecule has 0 unspecified atom stereocenters. The molecule has 0 radical (unpaired) electrons. The van der Waals surface area contributed by atoms with E-state index in [1.165, 1.54) is 0 Å². The minimum absolute atomic E-state index is 0.570. The van der Waals surface area contributed by atoms with E-state index in [0.29, 0.717) is 13.2 Å². The number of hydrogen-bond donors (Lipinski definition) is 6. The van der Waals surface area contributed by atoms with E-state index < -0.39 is 12.2 Å². The normalized spacial score (nSPS) is 7.91. The van der Waals surface area contributed by atoms with Crippen molar-refractivity contribution in [2.45, 2.75) is 41.5 Å². The number of hydroxylamine groups is 1. The van der Waals surface area contributed by atoms with E-state index in [4.69, 9.17) is 25.5 Å². The largest absolute Gasteiger partial charge is 0.465 e. The van der Waals surface area contributed by atoms with Crippen molar-refractivity contribution in [3.05, 3.63) is 0 Å². The van der Waals surface area contributed by atoms with Crippen molar-refractivity contribution in [3.63, 3.8) is 0 Å². The van der Waals surface area contributed by atoms with Crippen LogP contribution in [0.15, 0.2) is 0 Å². The lowest BCUT2D eigenvalue weighted by Gasteiger charge is -1.93. The third-order valence-electron chi connectivity index (χ3n) is 0.364. The Morgan fingerprint density at radius 1 is 0.955 bits per heavy atom. The fraction of sp³-hybridized carbons (Fsp3) is 0.846. The van der Waals surface area contributed by atoms with E-state index in [1.54, 1.807) is 7.05 Å². The second-order valence-corrected chi connectivity index (χ2v) is 4.98. The first-order valence-electron chi connectivity index (χ1n) is 6.80. The van der Waals surface area contributed by atoms with Crippen molar-refractivity contribution in [1.82, 2.24) is 5.48 Å². The summed E-state index contributed by atoms with van der Waals surface area (Å²) < 4.78 is 0. The van der Waals surface area contributed by atoms with Crippen LogP contribution in [-0.4, -0.2) is 42.6 Å². The number of carboxylic acid groups (broad SMARTS) is 2. The van der Waals surface area contributed by atoms with Crippen molar-refractivity contribution < 1.29 is 24.6 Å². The molecule has 138 valence electrons. The average Bonchev–Trinajstić information content (AvgIpc) is 2.23. The number of carbonyl (C=O) groups is 2. The Balaban J connectivity index is -0.0000000555. The lowest BCUT2D eigenvalue weighted by Crippen LogP contribution is -2.15. The monoisotopic (exact) mass is 328 g/mol. The van der Waals surface area contributed by atoms with E-state index in [0.717, 1.165) is 11.8 Å². The number of primary amides is 2. The van der Waals surface area contributed by atoms with Crippen LogP contribution in [-0.2, 0) is 4.84 Å². The van der Waals surface area contributed by atoms with Crippen molar-refractivity contribution in [2.24, 2.45) is 29.0 Å². The topological polar surface area (TPSA) is 174 Å². The van der Waals surface area contributed by atoms with Crippen LogP contribution in [0.5, 0.6) is 0 Å². The van der Waals surface area contributed by atoms with Crippen molar-refractivity contribution in [2.75, 3.05) is 20.2 Å². The van der Waals surface area contributed by atoms with Crippen molar-refractivity contribution in [1.29, 1.82) is 0 Å². The maximum Gasteiger partial charge on any atom is 0.402 e. The molecule has 0 aromatic heterocycles. The molecule has 9 N–H and O–H groups in total. The van der Waals surface area contributed by atoms with Crippen LogP contribution in [0.3, 0.4) is 0 Å². The smallest absolute Gasteiger partial charge is 0.402 e. The molecule has 9 heteroatoms. The van der Waals surface area contributed by atoms with Crippen molar-refractivity contribution in [3.8, 4) is 0 Å². The first kappa shape index (κ1) is 32.4. The second kappa shape index (κ2) is 31.7. The Kier molecular flexibility index (Phi) is 46.7. The molecule has 0 aromatic carbocycles. The summed E-state index contributed by atoms with van der Waals surface area (Å²) in [6.45, 7) is 14.2. The Hall–Kier alpha value is -1.58. The Morgan fingerprint density at radius 3 is 1.18 bits per heavy atom. The van der Waals surface area contributed by atoms with Crippen LogP contribution in [0, 0.1) is 11.8 Å². The number of amides is 2. The third kappa shape index (κ3) is 2770. The Bertz CT molecular complexity index is 179. The van der Waals surface area contributed by atoms with Gasteiger partial charge in [0.1, 0.15) is 0 Å². The van der Waals surface area contributed by atoms with Crippen LogP contribution >= 0.6 is 0 Å². The average molecular weight is 328 g/mol. The zero-order chi connectivity index (χ0) is 19.1. The van der Waals surface area contributed by atoms with Gasteiger partial charge in [0.15, 0.2) is 0 Å². The van der Waals surface area contributed by atoms with Gasteiger partial charge >= 0.3 is 12.2 Å². The van der Waals surface area contributed by atoms with Crippen molar-refractivity contribution >= 4 is 12.2 Å². The fourth-order valence-corrected chi connectivity index (χ4v) is 0.161.